The summed E-state index contributed by atoms with van der Waals surface area (Å²) < 4.78 is 1.02. The molecule has 0 bridgehead atoms. The predicted octanol–water partition coefficient (Wildman–Crippen LogP) is 0.842. The van der Waals surface area contributed by atoms with Crippen LogP contribution in [0.15, 0.2) is 15.9 Å². The summed E-state index contributed by atoms with van der Waals surface area (Å²) in [5, 5.41) is 15.7. The molecule has 0 aliphatic carbocycles. The second-order valence-corrected chi connectivity index (χ2v) is 5.24. The molecule has 3 N–H and O–H groups in total. The van der Waals surface area contributed by atoms with Crippen LogP contribution in [0, 0.1) is 0 Å². The Bertz CT molecular complexity index is 408. The molecule has 17 heavy (non-hydrogen) atoms. The number of hydrogen-bond donors (Lipinski definition) is 3. The van der Waals surface area contributed by atoms with Crippen LogP contribution in [0.4, 0.5) is 0 Å². The van der Waals surface area contributed by atoms with Crippen LogP contribution in [0.2, 0.25) is 0 Å². The normalized spacial score (nSPS) is 12.1. The molecule has 0 saturated carbocycles. The number of likely N-dealkylation sites (N-methyl/N-ethyl adjacent to an activating group) is 1. The van der Waals surface area contributed by atoms with E-state index in [1.54, 1.807) is 11.3 Å². The molecule has 94 valence electrons. The van der Waals surface area contributed by atoms with Crippen molar-refractivity contribution >= 4 is 39.1 Å². The molecular weight excluding hydrogens is 308 g/mol. The highest BCUT2D eigenvalue weighted by molar-refractivity contribution is 9.10. The lowest BCUT2D eigenvalue weighted by Crippen LogP contribution is -2.48. The molecule has 0 aromatic carbocycles. The first kappa shape index (κ1) is 14.1. The maximum Gasteiger partial charge on any atom is 0.330 e. The molecule has 1 atom stereocenters. The zero-order chi connectivity index (χ0) is 12.8. The van der Waals surface area contributed by atoms with E-state index >= 15 is 0 Å². The number of halogens is 1. The average Bonchev–Trinajstić information content (AvgIpc) is 2.64. The van der Waals surface area contributed by atoms with Crippen LogP contribution in [0.1, 0.15) is 4.88 Å². The lowest BCUT2D eigenvalue weighted by atomic mass is 10.2. The van der Waals surface area contributed by atoms with Gasteiger partial charge in [-0.25, -0.2) is 4.79 Å². The molecule has 0 spiro atoms. The fourth-order valence-corrected chi connectivity index (χ4v) is 2.72. The van der Waals surface area contributed by atoms with Crippen molar-refractivity contribution in [1.82, 2.24) is 10.6 Å². The minimum absolute atomic E-state index is 0.428. The van der Waals surface area contributed by atoms with Crippen molar-refractivity contribution in [2.24, 2.45) is 0 Å². The van der Waals surface area contributed by atoms with Crippen molar-refractivity contribution in [1.29, 1.82) is 0 Å². The van der Waals surface area contributed by atoms with Gasteiger partial charge in [-0.15, -0.1) is 11.3 Å². The number of amides is 1. The van der Waals surface area contributed by atoms with Gasteiger partial charge in [0.1, 0.15) is 0 Å². The molecule has 0 fully saturated rings. The van der Waals surface area contributed by atoms with Crippen LogP contribution in [0.25, 0.3) is 0 Å². The van der Waals surface area contributed by atoms with Gasteiger partial charge in [0, 0.05) is 21.3 Å². The molecule has 0 aliphatic heterocycles. The van der Waals surface area contributed by atoms with E-state index in [-0.39, 0.29) is 0 Å². The fourth-order valence-electron chi connectivity index (χ4n) is 1.26. The minimum Gasteiger partial charge on any atom is -0.480 e. The van der Waals surface area contributed by atoms with Gasteiger partial charge < -0.3 is 10.4 Å². The lowest BCUT2D eigenvalue weighted by Gasteiger charge is -2.11. The number of aliphatic carboxylic acids is 1. The Morgan fingerprint density at radius 3 is 2.76 bits per heavy atom. The lowest BCUT2D eigenvalue weighted by molar-refractivity contribution is -0.143. The molecule has 0 saturated heterocycles. The van der Waals surface area contributed by atoms with E-state index < -0.39 is 17.9 Å². The van der Waals surface area contributed by atoms with Crippen molar-refractivity contribution in [2.75, 3.05) is 13.6 Å². The molecular formula is C10H13BrN2O3S. The van der Waals surface area contributed by atoms with Gasteiger partial charge in [0.15, 0.2) is 6.04 Å². The second-order valence-electron chi connectivity index (χ2n) is 3.33. The first-order chi connectivity index (χ1) is 8.04. The molecule has 0 radical (unpaired) electrons. The van der Waals surface area contributed by atoms with Gasteiger partial charge in [-0.2, -0.15) is 0 Å². The Kier molecular flexibility index (Phi) is 5.60. The van der Waals surface area contributed by atoms with Gasteiger partial charge in [0.2, 0.25) is 5.91 Å². The summed E-state index contributed by atoms with van der Waals surface area (Å²) in [5.41, 5.74) is 0. The molecule has 1 aromatic rings. The number of carboxylic acids is 1. The van der Waals surface area contributed by atoms with Crippen LogP contribution in [-0.4, -0.2) is 36.6 Å². The molecule has 1 rings (SSSR count). The molecule has 1 heterocycles. The van der Waals surface area contributed by atoms with Crippen LogP contribution in [0.5, 0.6) is 0 Å². The first-order valence-corrected chi connectivity index (χ1v) is 6.62. The topological polar surface area (TPSA) is 78.4 Å². The van der Waals surface area contributed by atoms with E-state index in [1.807, 2.05) is 11.4 Å². The maximum absolute atomic E-state index is 11.5. The van der Waals surface area contributed by atoms with Crippen molar-refractivity contribution in [3.63, 3.8) is 0 Å². The monoisotopic (exact) mass is 320 g/mol. The van der Waals surface area contributed by atoms with E-state index in [0.29, 0.717) is 13.0 Å². The SMILES string of the molecule is CNC(C(=O)O)C(=O)NCCc1cc(Br)cs1. The third kappa shape index (κ3) is 4.45. The summed E-state index contributed by atoms with van der Waals surface area (Å²) in [5.74, 6) is -1.69. The third-order valence-corrected chi connectivity index (χ3v) is 3.85. The van der Waals surface area contributed by atoms with E-state index in [1.165, 1.54) is 7.05 Å². The summed E-state index contributed by atoms with van der Waals surface area (Å²) in [6.07, 6.45) is 0.693. The quantitative estimate of drug-likeness (QED) is 0.679. The predicted molar refractivity (Wildman–Crippen MR) is 69.2 cm³/mol. The Morgan fingerprint density at radius 2 is 2.29 bits per heavy atom. The van der Waals surface area contributed by atoms with Crippen LogP contribution in [-0.2, 0) is 16.0 Å². The highest BCUT2D eigenvalue weighted by atomic mass is 79.9. The number of nitrogens with one attached hydrogen (secondary N) is 2. The second kappa shape index (κ2) is 6.73. The zero-order valence-corrected chi connectivity index (χ0v) is 11.6. The number of carbonyl (C=O) groups excluding carboxylic acids is 1. The number of hydrogen-bond acceptors (Lipinski definition) is 4. The van der Waals surface area contributed by atoms with Crippen molar-refractivity contribution < 1.29 is 14.7 Å². The van der Waals surface area contributed by atoms with E-state index in [2.05, 4.69) is 26.6 Å². The van der Waals surface area contributed by atoms with Crippen molar-refractivity contribution in [3.05, 3.63) is 20.8 Å². The molecule has 7 heteroatoms. The van der Waals surface area contributed by atoms with Crippen molar-refractivity contribution in [2.45, 2.75) is 12.5 Å². The van der Waals surface area contributed by atoms with Gasteiger partial charge in [0.25, 0.3) is 0 Å². The molecule has 5 nitrogen and oxygen atoms in total. The van der Waals surface area contributed by atoms with E-state index in [4.69, 9.17) is 5.11 Å². The third-order valence-electron chi connectivity index (χ3n) is 2.09. The van der Waals surface area contributed by atoms with Crippen LogP contribution < -0.4 is 10.6 Å². The zero-order valence-electron chi connectivity index (χ0n) is 9.20. The highest BCUT2D eigenvalue weighted by Gasteiger charge is 2.23. The van der Waals surface area contributed by atoms with Crippen molar-refractivity contribution in [3.8, 4) is 0 Å². The van der Waals surface area contributed by atoms with Gasteiger partial charge in [-0.1, -0.05) is 0 Å². The van der Waals surface area contributed by atoms with Crippen LogP contribution in [0.3, 0.4) is 0 Å². The summed E-state index contributed by atoms with van der Waals surface area (Å²) in [4.78, 5) is 23.3. The fraction of sp³-hybridized carbons (Fsp3) is 0.400. The largest absolute Gasteiger partial charge is 0.480 e. The number of carbonyl (C=O) groups is 2. The molecule has 1 amide bonds. The average molecular weight is 321 g/mol. The van der Waals surface area contributed by atoms with Gasteiger partial charge in [-0.3, -0.25) is 10.1 Å². The minimum atomic E-state index is -1.19. The summed E-state index contributed by atoms with van der Waals surface area (Å²) >= 11 is 4.93. The Balaban J connectivity index is 2.35. The number of carboxylic acid groups (broad SMARTS) is 1. The number of thiophene rings is 1. The number of rotatable bonds is 6. The van der Waals surface area contributed by atoms with E-state index in [0.717, 1.165) is 9.35 Å². The summed E-state index contributed by atoms with van der Waals surface area (Å²) in [6.45, 7) is 0.428. The van der Waals surface area contributed by atoms with Gasteiger partial charge in [-0.05, 0) is 35.5 Å². The Hall–Kier alpha value is -0.920. The molecule has 1 aromatic heterocycles. The molecule has 1 unspecified atom stereocenters. The maximum atomic E-state index is 11.5. The summed E-state index contributed by atoms with van der Waals surface area (Å²) in [6, 6.07) is 0.786. The van der Waals surface area contributed by atoms with Gasteiger partial charge >= 0.3 is 5.97 Å². The highest BCUT2D eigenvalue weighted by Crippen LogP contribution is 2.19. The first-order valence-electron chi connectivity index (χ1n) is 4.95. The Morgan fingerprint density at radius 1 is 1.59 bits per heavy atom. The summed E-state index contributed by atoms with van der Waals surface area (Å²) in [7, 11) is 1.44. The Labute approximate surface area is 111 Å². The smallest absolute Gasteiger partial charge is 0.330 e. The molecule has 0 aliphatic rings. The van der Waals surface area contributed by atoms with Gasteiger partial charge in [0.05, 0.1) is 0 Å². The van der Waals surface area contributed by atoms with E-state index in [9.17, 15) is 9.59 Å². The standard InChI is InChI=1S/C10H13BrN2O3S/c1-12-8(10(15)16)9(14)13-3-2-7-4-6(11)5-17-7/h4-5,8,12H,2-3H2,1H3,(H,13,14)(H,15,16). The van der Waals surface area contributed by atoms with Crippen LogP contribution >= 0.6 is 27.3 Å².